The number of hydrogen-bond donors (Lipinski definition) is 2. The molecule has 5 rings (SSSR count). The molecule has 0 unspecified atom stereocenters. The van der Waals surface area contributed by atoms with Gasteiger partial charge in [0.15, 0.2) is 0 Å². The van der Waals surface area contributed by atoms with Gasteiger partial charge in [0.1, 0.15) is 0 Å². The van der Waals surface area contributed by atoms with E-state index in [2.05, 4.69) is 21.4 Å². The van der Waals surface area contributed by atoms with Crippen molar-refractivity contribution in [3.63, 3.8) is 0 Å². The monoisotopic (exact) mass is 474 g/mol. The van der Waals surface area contributed by atoms with Gasteiger partial charge in [-0.3, -0.25) is 9.48 Å². The lowest BCUT2D eigenvalue weighted by molar-refractivity contribution is 0.776. The van der Waals surface area contributed by atoms with E-state index in [1.807, 2.05) is 36.4 Å². The number of rotatable bonds is 3. The molecule has 0 aliphatic carbocycles. The maximum Gasteiger partial charge on any atom is 0.273 e. The lowest BCUT2D eigenvalue weighted by Crippen LogP contribution is -2.13. The normalized spacial score (nSPS) is 11.2. The van der Waals surface area contributed by atoms with Crippen LogP contribution in [0.4, 0.5) is 0 Å². The molecule has 2 heterocycles. The van der Waals surface area contributed by atoms with Gasteiger partial charge in [0.2, 0.25) is 0 Å². The summed E-state index contributed by atoms with van der Waals surface area (Å²) in [6.07, 6.45) is 1.68. The van der Waals surface area contributed by atoms with Crippen LogP contribution in [0.25, 0.3) is 43.9 Å². The number of aromatic nitrogens is 4. The van der Waals surface area contributed by atoms with Crippen molar-refractivity contribution in [2.24, 2.45) is 12.8 Å². The standard InChI is InChI=1S/C24H16Cl2N6O/c1-32-23(20-14(9-27)6-12-4-2-3-5-15(12)22(20)26)17(11-29-32)13-7-16-19(10-28)30-31-24(33)21(16)18(25)8-13/h2-8,11H,10,28H2,1H3,(H,31,33). The second-order valence-electron chi connectivity index (χ2n) is 7.56. The Morgan fingerprint density at radius 1 is 1.18 bits per heavy atom. The first-order valence-corrected chi connectivity index (χ1v) is 10.7. The molecule has 33 heavy (non-hydrogen) atoms. The Kier molecular flexibility index (Phi) is 5.14. The molecule has 0 saturated heterocycles. The molecule has 0 aliphatic heterocycles. The molecule has 3 aromatic carbocycles. The summed E-state index contributed by atoms with van der Waals surface area (Å²) in [7, 11) is 1.78. The molecular formula is C24H16Cl2N6O. The number of benzene rings is 3. The van der Waals surface area contributed by atoms with E-state index in [-0.39, 0.29) is 11.6 Å². The summed E-state index contributed by atoms with van der Waals surface area (Å²) >= 11 is 13.4. The first-order chi connectivity index (χ1) is 15.9. The van der Waals surface area contributed by atoms with Gasteiger partial charge in [-0.1, -0.05) is 47.5 Å². The number of nitrogens with zero attached hydrogens (tertiary/aromatic N) is 4. The molecule has 0 bridgehead atoms. The molecule has 0 aliphatic rings. The topological polar surface area (TPSA) is 113 Å². The fraction of sp³-hybridized carbons (Fsp3) is 0.0833. The molecule has 5 aromatic rings. The number of nitrogens with two attached hydrogens (primary N) is 1. The number of halogens is 2. The number of nitrogens with one attached hydrogen (secondary N) is 1. The number of aryl methyl sites for hydroxylation is 1. The first-order valence-electron chi connectivity index (χ1n) is 9.99. The number of aromatic amines is 1. The lowest BCUT2D eigenvalue weighted by atomic mass is 9.94. The Morgan fingerprint density at radius 3 is 2.73 bits per heavy atom. The highest BCUT2D eigenvalue weighted by atomic mass is 35.5. The van der Waals surface area contributed by atoms with Crippen molar-refractivity contribution in [3.05, 3.63) is 80.3 Å². The van der Waals surface area contributed by atoms with E-state index >= 15 is 0 Å². The van der Waals surface area contributed by atoms with Crippen molar-refractivity contribution in [2.45, 2.75) is 6.54 Å². The third kappa shape index (κ3) is 3.28. The van der Waals surface area contributed by atoms with Crippen LogP contribution in [0.2, 0.25) is 10.0 Å². The summed E-state index contributed by atoms with van der Waals surface area (Å²) in [5.74, 6) is 0. The van der Waals surface area contributed by atoms with Crippen LogP contribution >= 0.6 is 23.2 Å². The van der Waals surface area contributed by atoms with E-state index in [1.54, 1.807) is 24.0 Å². The summed E-state index contributed by atoms with van der Waals surface area (Å²) in [5, 5.41) is 24.2. The third-order valence-corrected chi connectivity index (χ3v) is 6.40. The van der Waals surface area contributed by atoms with Crippen LogP contribution in [0.15, 0.2) is 53.5 Å². The average Bonchev–Trinajstić information content (AvgIpc) is 3.19. The summed E-state index contributed by atoms with van der Waals surface area (Å²) in [5.41, 5.74) is 9.03. The molecule has 9 heteroatoms. The van der Waals surface area contributed by atoms with Crippen molar-refractivity contribution in [1.29, 1.82) is 5.26 Å². The van der Waals surface area contributed by atoms with E-state index in [4.69, 9.17) is 28.9 Å². The minimum atomic E-state index is -0.394. The van der Waals surface area contributed by atoms with Gasteiger partial charge in [0.25, 0.3) is 5.56 Å². The highest BCUT2D eigenvalue weighted by molar-refractivity contribution is 6.39. The van der Waals surface area contributed by atoms with E-state index in [0.717, 1.165) is 10.8 Å². The van der Waals surface area contributed by atoms with Crippen molar-refractivity contribution in [3.8, 4) is 28.5 Å². The van der Waals surface area contributed by atoms with Gasteiger partial charge in [-0.05, 0) is 29.1 Å². The largest absolute Gasteiger partial charge is 0.325 e. The van der Waals surface area contributed by atoms with Crippen molar-refractivity contribution in [1.82, 2.24) is 20.0 Å². The Balaban J connectivity index is 1.85. The fourth-order valence-corrected chi connectivity index (χ4v) is 4.85. The average molecular weight is 475 g/mol. The highest BCUT2D eigenvalue weighted by Crippen LogP contribution is 2.42. The zero-order chi connectivity index (χ0) is 23.3. The highest BCUT2D eigenvalue weighted by Gasteiger charge is 2.22. The number of H-pyrrole nitrogens is 1. The van der Waals surface area contributed by atoms with E-state index in [1.165, 1.54) is 0 Å². The minimum absolute atomic E-state index is 0.127. The van der Waals surface area contributed by atoms with Crippen LogP contribution in [0.3, 0.4) is 0 Å². The number of fused-ring (bicyclic) bond motifs is 2. The molecule has 3 N–H and O–H groups in total. The molecule has 0 amide bonds. The molecule has 0 saturated carbocycles. The van der Waals surface area contributed by atoms with Crippen molar-refractivity contribution < 1.29 is 0 Å². The second kappa shape index (κ2) is 8.01. The predicted octanol–water partition coefficient (Wildman–Crippen LogP) is 4.78. The Hall–Kier alpha value is -3.70. The molecule has 0 atom stereocenters. The summed E-state index contributed by atoms with van der Waals surface area (Å²) in [6.45, 7) is 0.127. The van der Waals surface area contributed by atoms with Crippen LogP contribution < -0.4 is 11.3 Å². The molecule has 0 spiro atoms. The van der Waals surface area contributed by atoms with Gasteiger partial charge in [-0.2, -0.15) is 15.5 Å². The van der Waals surface area contributed by atoms with Crippen LogP contribution in [0.1, 0.15) is 11.3 Å². The molecule has 0 radical (unpaired) electrons. The van der Waals surface area contributed by atoms with Gasteiger partial charge in [0, 0.05) is 35.5 Å². The van der Waals surface area contributed by atoms with Gasteiger partial charge in [0.05, 0.1) is 44.6 Å². The van der Waals surface area contributed by atoms with E-state index in [0.29, 0.717) is 49.4 Å². The van der Waals surface area contributed by atoms with Crippen LogP contribution in [0.5, 0.6) is 0 Å². The van der Waals surface area contributed by atoms with E-state index < -0.39 is 5.56 Å². The quantitative estimate of drug-likeness (QED) is 0.390. The maximum absolute atomic E-state index is 12.3. The van der Waals surface area contributed by atoms with Crippen LogP contribution in [-0.4, -0.2) is 20.0 Å². The molecule has 2 aromatic heterocycles. The molecule has 0 fully saturated rings. The second-order valence-corrected chi connectivity index (χ2v) is 8.35. The van der Waals surface area contributed by atoms with E-state index in [9.17, 15) is 10.1 Å². The Morgan fingerprint density at radius 2 is 1.97 bits per heavy atom. The van der Waals surface area contributed by atoms with Gasteiger partial charge in [-0.15, -0.1) is 0 Å². The molecule has 162 valence electrons. The zero-order valence-corrected chi connectivity index (χ0v) is 18.9. The lowest BCUT2D eigenvalue weighted by Gasteiger charge is -2.14. The Labute approximate surface area is 198 Å². The van der Waals surface area contributed by atoms with Crippen molar-refractivity contribution in [2.75, 3.05) is 0 Å². The fourth-order valence-electron chi connectivity index (χ4n) is 4.18. The molecular weight excluding hydrogens is 459 g/mol. The minimum Gasteiger partial charge on any atom is -0.325 e. The molecule has 7 nitrogen and oxygen atoms in total. The number of nitriles is 1. The van der Waals surface area contributed by atoms with Crippen molar-refractivity contribution >= 4 is 44.7 Å². The Bertz CT molecular complexity index is 1680. The zero-order valence-electron chi connectivity index (χ0n) is 17.4. The predicted molar refractivity (Wildman–Crippen MR) is 130 cm³/mol. The number of hydrogen-bond acceptors (Lipinski definition) is 5. The van der Waals surface area contributed by atoms with Crippen LogP contribution in [0, 0.1) is 11.3 Å². The third-order valence-electron chi connectivity index (χ3n) is 5.71. The summed E-state index contributed by atoms with van der Waals surface area (Å²) in [6, 6.07) is 15.2. The van der Waals surface area contributed by atoms with Gasteiger partial charge in [-0.25, -0.2) is 5.10 Å². The van der Waals surface area contributed by atoms with Gasteiger partial charge >= 0.3 is 0 Å². The smallest absolute Gasteiger partial charge is 0.273 e. The summed E-state index contributed by atoms with van der Waals surface area (Å²) in [4.78, 5) is 12.3. The SMILES string of the molecule is Cn1ncc(-c2cc(Cl)c3c(=O)[nH]nc(CN)c3c2)c1-c1c(C#N)cc2ccccc2c1Cl. The maximum atomic E-state index is 12.3. The van der Waals surface area contributed by atoms with Gasteiger partial charge < -0.3 is 5.73 Å². The first kappa shape index (κ1) is 21.2. The van der Waals surface area contributed by atoms with Crippen LogP contribution in [-0.2, 0) is 13.6 Å². The summed E-state index contributed by atoms with van der Waals surface area (Å²) < 4.78 is 1.67.